The average Bonchev–Trinajstić information content (AvgIpc) is 2.40. The number of hydrogen-bond donors (Lipinski definition) is 1. The van der Waals surface area contributed by atoms with E-state index < -0.39 is 0 Å². The fraction of sp³-hybridized carbons (Fsp3) is 0.588. The number of carbonyl (C=O) groups is 1. The molecule has 0 atom stereocenters. The lowest BCUT2D eigenvalue weighted by Gasteiger charge is -2.25. The lowest BCUT2D eigenvalue weighted by molar-refractivity contribution is 0.0738. The Bertz CT molecular complexity index is 460. The minimum atomic E-state index is -0.142. The highest BCUT2D eigenvalue weighted by Crippen LogP contribution is 2.23. The second-order valence-electron chi connectivity index (χ2n) is 6.32. The molecule has 0 radical (unpaired) electrons. The van der Waals surface area contributed by atoms with Crippen LogP contribution in [0.3, 0.4) is 0 Å². The molecule has 0 aromatic heterocycles. The number of benzene rings is 1. The first-order valence-corrected chi connectivity index (χ1v) is 7.96. The van der Waals surface area contributed by atoms with Gasteiger partial charge >= 0.3 is 0 Å². The van der Waals surface area contributed by atoms with E-state index in [4.69, 9.17) is 11.6 Å². The molecule has 0 aliphatic heterocycles. The van der Waals surface area contributed by atoms with Gasteiger partial charge in [-0.25, -0.2) is 0 Å². The number of phenolic OH excluding ortho intramolecular Hbond substituents is 1. The maximum atomic E-state index is 12.7. The van der Waals surface area contributed by atoms with Crippen molar-refractivity contribution in [3.05, 3.63) is 28.8 Å². The van der Waals surface area contributed by atoms with Crippen molar-refractivity contribution in [1.82, 2.24) is 4.90 Å². The number of rotatable bonds is 7. The van der Waals surface area contributed by atoms with Gasteiger partial charge in [0.25, 0.3) is 5.91 Å². The van der Waals surface area contributed by atoms with Gasteiger partial charge < -0.3 is 10.0 Å². The Morgan fingerprint density at radius 3 is 2.14 bits per heavy atom. The third-order valence-corrected chi connectivity index (χ3v) is 3.66. The number of carbonyl (C=O) groups excluding carboxylic acids is 1. The lowest BCUT2D eigenvalue weighted by Crippen LogP contribution is -2.34. The van der Waals surface area contributed by atoms with Crippen LogP contribution < -0.4 is 0 Å². The first-order valence-electron chi connectivity index (χ1n) is 7.59. The van der Waals surface area contributed by atoms with Gasteiger partial charge in [0, 0.05) is 18.1 Å². The van der Waals surface area contributed by atoms with Gasteiger partial charge in [-0.2, -0.15) is 0 Å². The standard InChI is InChI=1S/C17H26ClNO2/c1-12(2)7-9-19(10-8-13(3)4)17(21)15-11-14(18)5-6-16(15)20/h5-6,11-13,20H,7-10H2,1-4H3. The first-order chi connectivity index (χ1) is 9.81. The van der Waals surface area contributed by atoms with Crippen LogP contribution in [-0.2, 0) is 0 Å². The predicted octanol–water partition coefficient (Wildman–Crippen LogP) is 4.58. The third kappa shape index (κ3) is 5.96. The van der Waals surface area contributed by atoms with Crippen LogP contribution in [0.5, 0.6) is 5.75 Å². The van der Waals surface area contributed by atoms with Gasteiger partial charge in [0.05, 0.1) is 5.56 Å². The molecule has 1 aromatic rings. The van der Waals surface area contributed by atoms with Gasteiger partial charge in [-0.15, -0.1) is 0 Å². The zero-order chi connectivity index (χ0) is 16.0. The van der Waals surface area contributed by atoms with Crippen LogP contribution in [0.2, 0.25) is 5.02 Å². The molecule has 0 spiro atoms. The van der Waals surface area contributed by atoms with Crippen LogP contribution in [0.25, 0.3) is 0 Å². The monoisotopic (exact) mass is 311 g/mol. The minimum Gasteiger partial charge on any atom is -0.507 e. The van der Waals surface area contributed by atoms with E-state index in [0.29, 0.717) is 29.9 Å². The highest BCUT2D eigenvalue weighted by molar-refractivity contribution is 6.31. The van der Waals surface area contributed by atoms with Crippen molar-refractivity contribution in [1.29, 1.82) is 0 Å². The molecule has 1 aromatic carbocycles. The van der Waals surface area contributed by atoms with Crippen molar-refractivity contribution in [3.63, 3.8) is 0 Å². The Hall–Kier alpha value is -1.22. The van der Waals surface area contributed by atoms with E-state index in [9.17, 15) is 9.90 Å². The maximum absolute atomic E-state index is 12.7. The van der Waals surface area contributed by atoms with Crippen LogP contribution in [0.1, 0.15) is 50.9 Å². The quantitative estimate of drug-likeness (QED) is 0.800. The molecule has 4 heteroatoms. The summed E-state index contributed by atoms with van der Waals surface area (Å²) < 4.78 is 0. The third-order valence-electron chi connectivity index (χ3n) is 3.43. The first kappa shape index (κ1) is 17.8. The summed E-state index contributed by atoms with van der Waals surface area (Å²) in [4.78, 5) is 14.5. The van der Waals surface area contributed by atoms with Crippen LogP contribution in [0.4, 0.5) is 0 Å². The predicted molar refractivity (Wildman–Crippen MR) is 87.9 cm³/mol. The van der Waals surface area contributed by atoms with Gasteiger partial charge in [-0.3, -0.25) is 4.79 Å². The highest BCUT2D eigenvalue weighted by Gasteiger charge is 2.19. The molecule has 118 valence electrons. The molecule has 0 unspecified atom stereocenters. The van der Waals surface area contributed by atoms with E-state index >= 15 is 0 Å². The van der Waals surface area contributed by atoms with Crippen molar-refractivity contribution < 1.29 is 9.90 Å². The molecule has 21 heavy (non-hydrogen) atoms. The summed E-state index contributed by atoms with van der Waals surface area (Å²) in [7, 11) is 0. The fourth-order valence-electron chi connectivity index (χ4n) is 1.99. The molecule has 1 amide bonds. The van der Waals surface area contributed by atoms with E-state index in [0.717, 1.165) is 12.8 Å². The van der Waals surface area contributed by atoms with E-state index in [-0.39, 0.29) is 17.2 Å². The van der Waals surface area contributed by atoms with Crippen molar-refractivity contribution in [2.24, 2.45) is 11.8 Å². The number of aromatic hydroxyl groups is 1. The fourth-order valence-corrected chi connectivity index (χ4v) is 2.16. The Morgan fingerprint density at radius 2 is 1.67 bits per heavy atom. The van der Waals surface area contributed by atoms with Gasteiger partial charge in [-0.05, 0) is 42.9 Å². The average molecular weight is 312 g/mol. The minimum absolute atomic E-state index is 0.0107. The largest absolute Gasteiger partial charge is 0.507 e. The normalized spacial score (nSPS) is 11.2. The molecule has 1 rings (SSSR count). The summed E-state index contributed by atoms with van der Waals surface area (Å²) in [6.07, 6.45) is 1.90. The van der Waals surface area contributed by atoms with E-state index in [1.807, 2.05) is 4.90 Å². The zero-order valence-electron chi connectivity index (χ0n) is 13.4. The van der Waals surface area contributed by atoms with Gasteiger partial charge in [0.1, 0.15) is 5.75 Å². The molecule has 0 saturated carbocycles. The number of nitrogens with zero attached hydrogens (tertiary/aromatic N) is 1. The van der Waals surface area contributed by atoms with Crippen molar-refractivity contribution in [2.45, 2.75) is 40.5 Å². The maximum Gasteiger partial charge on any atom is 0.257 e. The van der Waals surface area contributed by atoms with Crippen LogP contribution >= 0.6 is 11.6 Å². The molecule has 0 fully saturated rings. The Balaban J connectivity index is 2.89. The second-order valence-corrected chi connectivity index (χ2v) is 6.76. The summed E-state index contributed by atoms with van der Waals surface area (Å²) in [5, 5.41) is 10.4. The van der Waals surface area contributed by atoms with E-state index in [1.165, 1.54) is 12.1 Å². The molecule has 1 N–H and O–H groups in total. The molecule has 3 nitrogen and oxygen atoms in total. The molecular formula is C17H26ClNO2. The molecule has 0 bridgehead atoms. The van der Waals surface area contributed by atoms with Gasteiger partial charge in [0.15, 0.2) is 0 Å². The second kappa shape index (κ2) is 8.28. The Morgan fingerprint density at radius 1 is 1.14 bits per heavy atom. The Labute approximate surface area is 132 Å². The number of phenols is 1. The van der Waals surface area contributed by atoms with E-state index in [2.05, 4.69) is 27.7 Å². The summed E-state index contributed by atoms with van der Waals surface area (Å²) in [5.74, 6) is 0.916. The number of hydrogen-bond acceptors (Lipinski definition) is 2. The summed E-state index contributed by atoms with van der Waals surface area (Å²) in [5.41, 5.74) is 0.287. The summed E-state index contributed by atoms with van der Waals surface area (Å²) in [6.45, 7) is 9.97. The Kier molecular flexibility index (Phi) is 7.03. The van der Waals surface area contributed by atoms with Crippen molar-refractivity contribution in [3.8, 4) is 5.75 Å². The summed E-state index contributed by atoms with van der Waals surface area (Å²) >= 11 is 5.94. The highest BCUT2D eigenvalue weighted by atomic mass is 35.5. The molecule has 0 saturated heterocycles. The SMILES string of the molecule is CC(C)CCN(CCC(C)C)C(=O)c1cc(Cl)ccc1O. The van der Waals surface area contributed by atoms with Crippen LogP contribution in [-0.4, -0.2) is 29.0 Å². The van der Waals surface area contributed by atoms with E-state index in [1.54, 1.807) is 6.07 Å². The number of amides is 1. The van der Waals surface area contributed by atoms with Gasteiger partial charge in [-0.1, -0.05) is 39.3 Å². The van der Waals surface area contributed by atoms with Crippen molar-refractivity contribution >= 4 is 17.5 Å². The molecule has 0 aliphatic carbocycles. The number of halogens is 1. The zero-order valence-corrected chi connectivity index (χ0v) is 14.2. The summed E-state index contributed by atoms with van der Waals surface area (Å²) in [6, 6.07) is 4.59. The van der Waals surface area contributed by atoms with Crippen molar-refractivity contribution in [2.75, 3.05) is 13.1 Å². The van der Waals surface area contributed by atoms with Crippen LogP contribution in [0.15, 0.2) is 18.2 Å². The van der Waals surface area contributed by atoms with Crippen LogP contribution in [0, 0.1) is 11.8 Å². The molecule has 0 heterocycles. The lowest BCUT2D eigenvalue weighted by atomic mass is 10.1. The molecule has 0 aliphatic rings. The smallest absolute Gasteiger partial charge is 0.257 e. The van der Waals surface area contributed by atoms with Gasteiger partial charge in [0.2, 0.25) is 0 Å². The molecular weight excluding hydrogens is 286 g/mol. The topological polar surface area (TPSA) is 40.5 Å².